The van der Waals surface area contributed by atoms with Crippen molar-refractivity contribution in [1.82, 2.24) is 0 Å². The third kappa shape index (κ3) is 3.25. The average Bonchev–Trinajstić information content (AvgIpc) is 2.40. The quantitative estimate of drug-likeness (QED) is 0.461. The van der Waals surface area contributed by atoms with Crippen LogP contribution < -0.4 is 4.74 Å². The second-order valence-electron chi connectivity index (χ2n) is 4.14. The molecule has 0 N–H and O–H groups in total. The van der Waals surface area contributed by atoms with Crippen LogP contribution in [0, 0.1) is 15.9 Å². The zero-order valence-electron chi connectivity index (χ0n) is 10.8. The van der Waals surface area contributed by atoms with Crippen LogP contribution in [-0.2, 0) is 0 Å². The molecule has 0 saturated heterocycles. The summed E-state index contributed by atoms with van der Waals surface area (Å²) in [4.78, 5) is 21.7. The van der Waals surface area contributed by atoms with E-state index in [-0.39, 0.29) is 22.7 Å². The topological polar surface area (TPSA) is 69.4 Å². The zero-order valence-corrected chi connectivity index (χ0v) is 12.4. The first-order chi connectivity index (χ1) is 9.90. The monoisotopic (exact) mass is 353 g/mol. The van der Waals surface area contributed by atoms with Crippen LogP contribution in [-0.4, -0.2) is 10.7 Å². The summed E-state index contributed by atoms with van der Waals surface area (Å²) in [7, 11) is 0. The van der Waals surface area contributed by atoms with Crippen LogP contribution in [0.2, 0.25) is 0 Å². The molecular weight excluding hydrogens is 345 g/mol. The molecule has 7 heteroatoms. The van der Waals surface area contributed by atoms with Crippen LogP contribution in [0.4, 0.5) is 10.1 Å². The predicted octanol–water partition coefficient (Wildman–Crippen LogP) is 4.49. The van der Waals surface area contributed by atoms with E-state index in [2.05, 4.69) is 15.9 Å². The maximum Gasteiger partial charge on any atom is 0.273 e. The van der Waals surface area contributed by atoms with Gasteiger partial charge in [0.05, 0.1) is 21.0 Å². The first-order valence-electron chi connectivity index (χ1n) is 5.81. The molecule has 0 unspecified atom stereocenters. The van der Waals surface area contributed by atoms with Crippen LogP contribution in [0.5, 0.6) is 11.5 Å². The number of halogens is 2. The molecule has 0 amide bonds. The van der Waals surface area contributed by atoms with E-state index in [4.69, 9.17) is 4.74 Å². The Morgan fingerprint density at radius 1 is 1.29 bits per heavy atom. The number of nitro groups is 1. The average molecular weight is 354 g/mol. The number of rotatable bonds is 4. The highest BCUT2D eigenvalue weighted by Gasteiger charge is 2.17. The van der Waals surface area contributed by atoms with Crippen molar-refractivity contribution in [2.75, 3.05) is 0 Å². The fourth-order valence-corrected chi connectivity index (χ4v) is 2.06. The molecular formula is C14H9BrFNO4. The van der Waals surface area contributed by atoms with Crippen molar-refractivity contribution in [2.24, 2.45) is 0 Å². The van der Waals surface area contributed by atoms with Crippen molar-refractivity contribution >= 4 is 27.4 Å². The van der Waals surface area contributed by atoms with E-state index in [1.165, 1.54) is 37.3 Å². The Labute approximate surface area is 127 Å². The van der Waals surface area contributed by atoms with E-state index in [1.807, 2.05) is 0 Å². The third-order valence-corrected chi connectivity index (χ3v) is 3.33. The molecule has 0 bridgehead atoms. The highest BCUT2D eigenvalue weighted by molar-refractivity contribution is 9.10. The Hall–Kier alpha value is -2.28. The Morgan fingerprint density at radius 3 is 2.62 bits per heavy atom. The first-order valence-corrected chi connectivity index (χ1v) is 6.60. The number of ether oxygens (including phenoxy) is 1. The van der Waals surface area contributed by atoms with Gasteiger partial charge in [-0.2, -0.15) is 0 Å². The van der Waals surface area contributed by atoms with Gasteiger partial charge in [-0.1, -0.05) is 6.07 Å². The van der Waals surface area contributed by atoms with E-state index in [0.717, 1.165) is 6.07 Å². The fourth-order valence-electron chi connectivity index (χ4n) is 1.73. The number of carbonyl (C=O) groups is 1. The van der Waals surface area contributed by atoms with Crippen LogP contribution in [0.25, 0.3) is 0 Å². The number of nitrogens with zero attached hydrogens (tertiary/aromatic N) is 1. The molecule has 5 nitrogen and oxygen atoms in total. The molecule has 108 valence electrons. The Kier molecular flexibility index (Phi) is 4.32. The second kappa shape index (κ2) is 6.01. The molecule has 0 aliphatic rings. The zero-order chi connectivity index (χ0) is 15.6. The summed E-state index contributed by atoms with van der Waals surface area (Å²) in [6, 6.07) is 7.90. The van der Waals surface area contributed by atoms with Gasteiger partial charge < -0.3 is 4.74 Å². The van der Waals surface area contributed by atoms with Crippen LogP contribution in [0.15, 0.2) is 40.9 Å². The molecule has 0 aliphatic heterocycles. The molecule has 0 aliphatic carbocycles. The summed E-state index contributed by atoms with van der Waals surface area (Å²) in [6.45, 7) is 1.22. The minimum atomic E-state index is -0.707. The lowest BCUT2D eigenvalue weighted by Gasteiger charge is -2.11. The molecule has 2 aromatic rings. The summed E-state index contributed by atoms with van der Waals surface area (Å²) in [5.74, 6) is -1.08. The van der Waals surface area contributed by atoms with E-state index in [0.29, 0.717) is 4.47 Å². The molecule has 0 radical (unpaired) electrons. The first kappa shape index (κ1) is 15.1. The number of non-ortho nitro benzene ring substituents is 1. The summed E-state index contributed by atoms with van der Waals surface area (Å²) in [5.41, 5.74) is -0.370. The molecule has 0 atom stereocenters. The standard InChI is InChI=1S/C14H9BrFNO4/c1-8(18)14-11(16)3-2-4-12(14)21-13-7-9(17(19)20)5-6-10(13)15/h2-7H,1H3. The maximum atomic E-state index is 13.7. The SMILES string of the molecule is CC(=O)c1c(F)cccc1Oc1cc([N+](=O)[O-])ccc1Br. The summed E-state index contributed by atoms with van der Waals surface area (Å²) >= 11 is 3.19. The van der Waals surface area contributed by atoms with E-state index in [9.17, 15) is 19.3 Å². The maximum absolute atomic E-state index is 13.7. The number of ketones is 1. The highest BCUT2D eigenvalue weighted by atomic mass is 79.9. The van der Waals surface area contributed by atoms with Gasteiger partial charge in [0.25, 0.3) is 5.69 Å². The number of Topliss-reactive ketones (excluding diaryl/α,β-unsaturated/α-hetero) is 1. The third-order valence-electron chi connectivity index (χ3n) is 2.67. The number of hydrogen-bond donors (Lipinski definition) is 0. The fraction of sp³-hybridized carbons (Fsp3) is 0.0714. The van der Waals surface area contributed by atoms with Crippen LogP contribution in [0.1, 0.15) is 17.3 Å². The van der Waals surface area contributed by atoms with Gasteiger partial charge in [0.15, 0.2) is 5.78 Å². The van der Waals surface area contributed by atoms with Crippen molar-refractivity contribution in [3.05, 3.63) is 62.4 Å². The molecule has 2 aromatic carbocycles. The van der Waals surface area contributed by atoms with E-state index >= 15 is 0 Å². The number of hydrogen-bond acceptors (Lipinski definition) is 4. The molecule has 0 saturated carbocycles. The number of benzene rings is 2. The Balaban J connectivity index is 2.48. The van der Waals surface area contributed by atoms with Crippen molar-refractivity contribution in [1.29, 1.82) is 0 Å². The van der Waals surface area contributed by atoms with E-state index < -0.39 is 16.5 Å². The molecule has 0 fully saturated rings. The van der Waals surface area contributed by atoms with Gasteiger partial charge >= 0.3 is 0 Å². The summed E-state index contributed by atoms with van der Waals surface area (Å²) in [6.07, 6.45) is 0. The molecule has 0 aromatic heterocycles. The van der Waals surface area contributed by atoms with Gasteiger partial charge in [0.1, 0.15) is 17.3 Å². The summed E-state index contributed by atoms with van der Waals surface area (Å²) < 4.78 is 19.6. The second-order valence-corrected chi connectivity index (χ2v) is 5.00. The van der Waals surface area contributed by atoms with Crippen molar-refractivity contribution in [3.63, 3.8) is 0 Å². The Bertz CT molecular complexity index is 733. The van der Waals surface area contributed by atoms with Gasteiger partial charge in [-0.15, -0.1) is 0 Å². The van der Waals surface area contributed by atoms with Crippen LogP contribution in [0.3, 0.4) is 0 Å². The van der Waals surface area contributed by atoms with E-state index in [1.54, 1.807) is 0 Å². The van der Waals surface area contributed by atoms with Gasteiger partial charge in [-0.25, -0.2) is 4.39 Å². The lowest BCUT2D eigenvalue weighted by Crippen LogP contribution is -2.01. The largest absolute Gasteiger partial charge is 0.455 e. The molecule has 2 rings (SSSR count). The highest BCUT2D eigenvalue weighted by Crippen LogP contribution is 2.35. The molecule has 21 heavy (non-hydrogen) atoms. The van der Waals surface area contributed by atoms with Gasteiger partial charge in [0.2, 0.25) is 0 Å². The van der Waals surface area contributed by atoms with Crippen LogP contribution >= 0.6 is 15.9 Å². The minimum Gasteiger partial charge on any atom is -0.455 e. The normalized spacial score (nSPS) is 10.2. The lowest BCUT2D eigenvalue weighted by atomic mass is 10.1. The smallest absolute Gasteiger partial charge is 0.273 e. The molecule has 0 heterocycles. The number of carbonyl (C=O) groups excluding carboxylic acids is 1. The molecule has 0 spiro atoms. The predicted molar refractivity (Wildman–Crippen MR) is 77.3 cm³/mol. The number of nitro benzene ring substituents is 1. The van der Waals surface area contributed by atoms with Gasteiger partial charge in [-0.3, -0.25) is 14.9 Å². The summed E-state index contributed by atoms with van der Waals surface area (Å²) in [5, 5.41) is 10.8. The van der Waals surface area contributed by atoms with Crippen molar-refractivity contribution in [3.8, 4) is 11.5 Å². The van der Waals surface area contributed by atoms with Crippen molar-refractivity contribution < 1.29 is 18.8 Å². The lowest BCUT2D eigenvalue weighted by molar-refractivity contribution is -0.384. The van der Waals surface area contributed by atoms with Crippen molar-refractivity contribution in [2.45, 2.75) is 6.92 Å². The Morgan fingerprint density at radius 2 is 2.00 bits per heavy atom. The van der Waals surface area contributed by atoms with Gasteiger partial charge in [0, 0.05) is 6.07 Å². The van der Waals surface area contributed by atoms with Gasteiger partial charge in [-0.05, 0) is 41.1 Å². The minimum absolute atomic E-state index is 0.00342.